The highest BCUT2D eigenvalue weighted by Crippen LogP contribution is 2.40. The SMILES string of the molecule is CC1CN(S(=O)(=O)N2CCC(Nc3ncc4cc(C(F)F)c(=O)n([C@@H]5CCC[C@@]5(C)O)c4n3)CC2)C1. The number of hydrogen-bond donors (Lipinski definition) is 2. The number of nitrogens with zero attached hydrogens (tertiary/aromatic N) is 5. The van der Waals surface area contributed by atoms with Gasteiger partial charge in [-0.3, -0.25) is 9.36 Å². The lowest BCUT2D eigenvalue weighted by molar-refractivity contribution is 0.0261. The van der Waals surface area contributed by atoms with Gasteiger partial charge in [-0.25, -0.2) is 13.8 Å². The summed E-state index contributed by atoms with van der Waals surface area (Å²) in [6.45, 7) is 5.47. The van der Waals surface area contributed by atoms with Crippen LogP contribution in [0.3, 0.4) is 0 Å². The fraction of sp³-hybridized carbons (Fsp3) is 0.696. The van der Waals surface area contributed by atoms with E-state index in [1.165, 1.54) is 19.4 Å². The Morgan fingerprint density at radius 2 is 1.89 bits per heavy atom. The van der Waals surface area contributed by atoms with Crippen LogP contribution in [0.1, 0.15) is 64.0 Å². The molecule has 1 aliphatic carbocycles. The average molecular weight is 527 g/mol. The molecule has 2 aliphatic heterocycles. The maximum Gasteiger partial charge on any atom is 0.281 e. The molecule has 2 atom stereocenters. The molecule has 2 aromatic rings. The molecule has 3 fully saturated rings. The highest BCUT2D eigenvalue weighted by molar-refractivity contribution is 7.86. The lowest BCUT2D eigenvalue weighted by Crippen LogP contribution is -2.56. The van der Waals surface area contributed by atoms with Crippen molar-refractivity contribution in [3.8, 4) is 0 Å². The summed E-state index contributed by atoms with van der Waals surface area (Å²) in [5.74, 6) is 0.613. The lowest BCUT2D eigenvalue weighted by Gasteiger charge is -2.41. The van der Waals surface area contributed by atoms with Crippen LogP contribution in [0.4, 0.5) is 14.7 Å². The summed E-state index contributed by atoms with van der Waals surface area (Å²) in [7, 11) is -3.44. The van der Waals surface area contributed by atoms with Gasteiger partial charge in [0.1, 0.15) is 5.65 Å². The van der Waals surface area contributed by atoms with Crippen LogP contribution in [0.15, 0.2) is 17.1 Å². The minimum absolute atomic E-state index is 0.0840. The summed E-state index contributed by atoms with van der Waals surface area (Å²) in [4.78, 5) is 21.8. The third-order valence-corrected chi connectivity index (χ3v) is 9.66. The molecule has 10 nitrogen and oxygen atoms in total. The van der Waals surface area contributed by atoms with Crippen LogP contribution in [-0.2, 0) is 10.2 Å². The highest BCUT2D eigenvalue weighted by atomic mass is 32.2. The largest absolute Gasteiger partial charge is 0.388 e. The van der Waals surface area contributed by atoms with Gasteiger partial charge in [0.05, 0.1) is 17.2 Å². The first-order valence-corrected chi connectivity index (χ1v) is 13.8. The molecular weight excluding hydrogens is 494 g/mol. The summed E-state index contributed by atoms with van der Waals surface area (Å²) < 4.78 is 57.0. The van der Waals surface area contributed by atoms with Gasteiger partial charge < -0.3 is 10.4 Å². The van der Waals surface area contributed by atoms with Crippen LogP contribution in [0.5, 0.6) is 0 Å². The van der Waals surface area contributed by atoms with E-state index in [-0.39, 0.29) is 17.6 Å². The van der Waals surface area contributed by atoms with Gasteiger partial charge in [-0.15, -0.1) is 0 Å². The predicted octanol–water partition coefficient (Wildman–Crippen LogP) is 2.28. The second kappa shape index (κ2) is 9.26. The zero-order valence-electron chi connectivity index (χ0n) is 20.4. The smallest absolute Gasteiger partial charge is 0.281 e. The minimum atomic E-state index is -3.44. The Morgan fingerprint density at radius 3 is 2.47 bits per heavy atom. The molecule has 2 saturated heterocycles. The van der Waals surface area contributed by atoms with Gasteiger partial charge in [-0.2, -0.15) is 22.0 Å². The van der Waals surface area contributed by atoms with Crippen molar-refractivity contribution in [2.75, 3.05) is 31.5 Å². The van der Waals surface area contributed by atoms with Crippen molar-refractivity contribution >= 4 is 27.2 Å². The van der Waals surface area contributed by atoms with Crippen molar-refractivity contribution < 1.29 is 22.3 Å². The number of halogens is 2. The number of nitrogens with one attached hydrogen (secondary N) is 1. The molecule has 3 aliphatic rings. The van der Waals surface area contributed by atoms with Crippen molar-refractivity contribution in [3.05, 3.63) is 28.2 Å². The quantitative estimate of drug-likeness (QED) is 0.593. The average Bonchev–Trinajstić information content (AvgIpc) is 3.15. The van der Waals surface area contributed by atoms with E-state index in [1.807, 2.05) is 6.92 Å². The fourth-order valence-corrected chi connectivity index (χ4v) is 7.49. The first kappa shape index (κ1) is 25.4. The van der Waals surface area contributed by atoms with Crippen molar-refractivity contribution in [1.82, 2.24) is 23.1 Å². The van der Waals surface area contributed by atoms with Crippen molar-refractivity contribution in [3.63, 3.8) is 0 Å². The van der Waals surface area contributed by atoms with Gasteiger partial charge in [0, 0.05) is 43.8 Å². The Hall–Kier alpha value is -2.22. The first-order chi connectivity index (χ1) is 17.0. The Labute approximate surface area is 208 Å². The summed E-state index contributed by atoms with van der Waals surface area (Å²) >= 11 is 0. The maximum absolute atomic E-state index is 13.6. The van der Waals surface area contributed by atoms with Crippen LogP contribution in [0, 0.1) is 5.92 Å². The van der Waals surface area contributed by atoms with Gasteiger partial charge in [-0.1, -0.05) is 6.92 Å². The minimum Gasteiger partial charge on any atom is -0.388 e. The molecule has 198 valence electrons. The molecule has 36 heavy (non-hydrogen) atoms. The summed E-state index contributed by atoms with van der Waals surface area (Å²) in [6, 6.07) is 0.359. The third kappa shape index (κ3) is 4.50. The predicted molar refractivity (Wildman–Crippen MR) is 130 cm³/mol. The van der Waals surface area contributed by atoms with Crippen LogP contribution in [-0.4, -0.2) is 74.5 Å². The van der Waals surface area contributed by atoms with E-state index < -0.39 is 39.4 Å². The number of anilines is 1. The molecule has 0 spiro atoms. The van der Waals surface area contributed by atoms with Crippen LogP contribution in [0.25, 0.3) is 11.0 Å². The van der Waals surface area contributed by atoms with E-state index >= 15 is 0 Å². The molecule has 5 rings (SSSR count). The van der Waals surface area contributed by atoms with Crippen molar-refractivity contribution in [2.24, 2.45) is 5.92 Å². The number of hydrogen-bond acceptors (Lipinski definition) is 7. The molecule has 1 saturated carbocycles. The summed E-state index contributed by atoms with van der Waals surface area (Å²) in [5.41, 5.74) is -2.52. The Bertz CT molecular complexity index is 1300. The molecule has 2 N–H and O–H groups in total. The van der Waals surface area contributed by atoms with Gasteiger partial charge in [0.25, 0.3) is 22.2 Å². The number of alkyl halides is 2. The van der Waals surface area contributed by atoms with E-state index in [2.05, 4.69) is 15.3 Å². The molecule has 0 unspecified atom stereocenters. The molecule has 0 aromatic carbocycles. The monoisotopic (exact) mass is 526 g/mol. The number of rotatable bonds is 6. The van der Waals surface area contributed by atoms with Crippen LogP contribution < -0.4 is 10.9 Å². The summed E-state index contributed by atoms with van der Waals surface area (Å²) in [5, 5.41) is 14.4. The second-order valence-corrected chi connectivity index (χ2v) is 12.5. The number of fused-ring (bicyclic) bond motifs is 1. The standard InChI is InChI=1S/C23H32F2N6O4S/c1-14-12-30(13-14)36(34,35)29-8-5-16(6-9-29)27-22-26-11-15-10-17(19(24)25)21(32)31(20(15)28-22)18-4-3-7-23(18,2)33/h10-11,14,16,18-19,33H,3-9,12-13H2,1-2H3,(H,26,27,28)/t18-,23-/m1/s1. The molecule has 4 heterocycles. The van der Waals surface area contributed by atoms with E-state index in [0.29, 0.717) is 69.6 Å². The number of pyridine rings is 1. The molecule has 0 bridgehead atoms. The number of aliphatic hydroxyl groups is 1. The maximum atomic E-state index is 13.6. The van der Waals surface area contributed by atoms with E-state index in [4.69, 9.17) is 0 Å². The number of aromatic nitrogens is 3. The van der Waals surface area contributed by atoms with E-state index in [9.17, 15) is 27.1 Å². The topological polar surface area (TPSA) is 121 Å². The molecule has 2 aromatic heterocycles. The van der Waals surface area contributed by atoms with Crippen molar-refractivity contribution in [2.45, 2.75) is 70.1 Å². The van der Waals surface area contributed by atoms with E-state index in [1.54, 1.807) is 6.92 Å². The lowest BCUT2D eigenvalue weighted by atomic mass is 9.99. The van der Waals surface area contributed by atoms with Gasteiger partial charge in [0.2, 0.25) is 5.95 Å². The highest BCUT2D eigenvalue weighted by Gasteiger charge is 2.41. The van der Waals surface area contributed by atoms with E-state index in [0.717, 1.165) is 6.07 Å². The normalized spacial score (nSPS) is 27.1. The third-order valence-electron chi connectivity index (χ3n) is 7.70. The Kier molecular flexibility index (Phi) is 6.54. The molecule has 0 radical (unpaired) electrons. The van der Waals surface area contributed by atoms with Crippen LogP contribution >= 0.6 is 0 Å². The Morgan fingerprint density at radius 1 is 1.19 bits per heavy atom. The first-order valence-electron chi connectivity index (χ1n) is 12.4. The number of piperidine rings is 1. The van der Waals surface area contributed by atoms with Crippen molar-refractivity contribution in [1.29, 1.82) is 0 Å². The molecular formula is C23H32F2N6O4S. The fourth-order valence-electron chi connectivity index (χ4n) is 5.60. The molecule has 0 amide bonds. The Balaban J connectivity index is 1.38. The zero-order valence-corrected chi connectivity index (χ0v) is 21.2. The molecule has 13 heteroatoms. The van der Waals surface area contributed by atoms with Gasteiger partial charge in [0.15, 0.2) is 0 Å². The van der Waals surface area contributed by atoms with Crippen LogP contribution in [0.2, 0.25) is 0 Å². The van der Waals surface area contributed by atoms with Gasteiger partial charge >= 0.3 is 0 Å². The second-order valence-electron chi connectivity index (χ2n) is 10.6. The summed E-state index contributed by atoms with van der Waals surface area (Å²) in [6.07, 6.45) is 1.15. The zero-order chi connectivity index (χ0) is 25.8. The van der Waals surface area contributed by atoms with Gasteiger partial charge in [-0.05, 0) is 51.0 Å².